The number of ether oxygens (including phenoxy) is 1. The van der Waals surface area contributed by atoms with Gasteiger partial charge in [0.1, 0.15) is 12.4 Å². The third-order valence-corrected chi connectivity index (χ3v) is 6.03. The molecule has 0 aliphatic heterocycles. The minimum Gasteiger partial charge on any atom is -0.488 e. The van der Waals surface area contributed by atoms with Gasteiger partial charge in [0.05, 0.1) is 5.56 Å². The Morgan fingerprint density at radius 3 is 2.09 bits per heavy atom. The number of para-hydroxylation sites is 1. The zero-order valence-electron chi connectivity index (χ0n) is 18.3. The monoisotopic (exact) mass is 499 g/mol. The van der Waals surface area contributed by atoms with Crippen LogP contribution in [0.25, 0.3) is 0 Å². The molecule has 0 saturated heterocycles. The van der Waals surface area contributed by atoms with Crippen molar-refractivity contribution >= 4 is 21.8 Å². The van der Waals surface area contributed by atoms with Crippen molar-refractivity contribution in [3.8, 4) is 5.75 Å². The van der Waals surface area contributed by atoms with Crippen LogP contribution in [0, 0.1) is 0 Å². The molecule has 33 heavy (non-hydrogen) atoms. The third-order valence-electron chi connectivity index (χ3n) is 5.54. The summed E-state index contributed by atoms with van der Waals surface area (Å²) in [6.45, 7) is 0.959. The first-order chi connectivity index (χ1) is 16.2. The Balaban J connectivity index is 1.41. The van der Waals surface area contributed by atoms with Crippen LogP contribution in [0.4, 0.5) is 0 Å². The van der Waals surface area contributed by atoms with E-state index in [1.807, 2.05) is 54.6 Å². The lowest BCUT2D eigenvalue weighted by molar-refractivity contribution is 0.0948. The Morgan fingerprint density at radius 1 is 0.788 bits per heavy atom. The Morgan fingerprint density at radius 2 is 1.42 bits per heavy atom. The van der Waals surface area contributed by atoms with Crippen LogP contribution >= 0.6 is 15.9 Å². The van der Waals surface area contributed by atoms with E-state index >= 15 is 0 Å². The van der Waals surface area contributed by atoms with Gasteiger partial charge in [0.15, 0.2) is 0 Å². The zero-order valence-corrected chi connectivity index (χ0v) is 19.9. The molecule has 0 aromatic heterocycles. The van der Waals surface area contributed by atoms with E-state index in [2.05, 4.69) is 69.8 Å². The summed E-state index contributed by atoms with van der Waals surface area (Å²) < 4.78 is 6.98. The molecule has 0 heterocycles. The van der Waals surface area contributed by atoms with Crippen LogP contribution in [0.2, 0.25) is 0 Å². The Kier molecular flexibility index (Phi) is 7.94. The van der Waals surface area contributed by atoms with Crippen LogP contribution in [0.1, 0.15) is 39.4 Å². The summed E-state index contributed by atoms with van der Waals surface area (Å²) in [6, 6.07) is 36.2. The smallest absolute Gasteiger partial charge is 0.255 e. The quantitative estimate of drug-likeness (QED) is 0.269. The normalized spacial score (nSPS) is 10.7. The highest BCUT2D eigenvalue weighted by atomic mass is 79.9. The molecule has 0 bridgehead atoms. The second kappa shape index (κ2) is 11.5. The molecule has 0 saturated carbocycles. The van der Waals surface area contributed by atoms with Gasteiger partial charge < -0.3 is 10.1 Å². The number of nitrogens with one attached hydrogen (secondary N) is 1. The summed E-state index contributed by atoms with van der Waals surface area (Å²) in [6.07, 6.45) is 0.806. The summed E-state index contributed by atoms with van der Waals surface area (Å²) in [7, 11) is 0. The van der Waals surface area contributed by atoms with Crippen LogP contribution in [0.15, 0.2) is 114 Å². The lowest BCUT2D eigenvalue weighted by Crippen LogP contribution is -2.26. The third kappa shape index (κ3) is 6.33. The molecule has 0 spiro atoms. The van der Waals surface area contributed by atoms with E-state index in [1.165, 1.54) is 11.1 Å². The summed E-state index contributed by atoms with van der Waals surface area (Å²) >= 11 is 3.48. The van der Waals surface area contributed by atoms with Crippen molar-refractivity contribution in [2.75, 3.05) is 6.54 Å². The molecule has 4 aromatic carbocycles. The van der Waals surface area contributed by atoms with Crippen LogP contribution in [-0.4, -0.2) is 12.5 Å². The highest BCUT2D eigenvalue weighted by Crippen LogP contribution is 2.27. The highest BCUT2D eigenvalue weighted by Gasteiger charge is 2.16. The summed E-state index contributed by atoms with van der Waals surface area (Å²) in [5.41, 5.74) is 4.07. The van der Waals surface area contributed by atoms with Crippen molar-refractivity contribution in [3.05, 3.63) is 136 Å². The molecule has 0 aliphatic rings. The SMILES string of the molecule is O=C(NCCC(c1ccccc1)c1ccccc1)c1ccccc1OCc1cccc(Br)c1. The van der Waals surface area contributed by atoms with Gasteiger partial charge in [-0.3, -0.25) is 4.79 Å². The number of halogens is 1. The molecular formula is C29H26BrNO2. The fraction of sp³-hybridized carbons (Fsp3) is 0.138. The van der Waals surface area contributed by atoms with Gasteiger partial charge in [-0.05, 0) is 47.4 Å². The first-order valence-electron chi connectivity index (χ1n) is 11.0. The van der Waals surface area contributed by atoms with E-state index in [9.17, 15) is 4.79 Å². The summed E-state index contributed by atoms with van der Waals surface area (Å²) in [4.78, 5) is 13.0. The minimum absolute atomic E-state index is 0.125. The second-order valence-corrected chi connectivity index (χ2v) is 8.75. The van der Waals surface area contributed by atoms with Crippen molar-refractivity contribution in [1.82, 2.24) is 5.32 Å². The fourth-order valence-electron chi connectivity index (χ4n) is 3.89. The van der Waals surface area contributed by atoms with Crippen molar-refractivity contribution in [1.29, 1.82) is 0 Å². The Hall–Kier alpha value is -3.37. The van der Waals surface area contributed by atoms with Crippen molar-refractivity contribution in [2.24, 2.45) is 0 Å². The lowest BCUT2D eigenvalue weighted by atomic mass is 9.88. The largest absolute Gasteiger partial charge is 0.488 e. The molecule has 1 N–H and O–H groups in total. The van der Waals surface area contributed by atoms with E-state index in [-0.39, 0.29) is 11.8 Å². The first-order valence-corrected chi connectivity index (χ1v) is 11.8. The van der Waals surface area contributed by atoms with Gasteiger partial charge in [-0.25, -0.2) is 0 Å². The maximum atomic E-state index is 13.0. The van der Waals surface area contributed by atoms with E-state index in [0.29, 0.717) is 24.5 Å². The van der Waals surface area contributed by atoms with E-state index in [1.54, 1.807) is 6.07 Å². The second-order valence-electron chi connectivity index (χ2n) is 7.83. The molecule has 4 heteroatoms. The molecular weight excluding hydrogens is 474 g/mol. The van der Waals surface area contributed by atoms with Crippen LogP contribution < -0.4 is 10.1 Å². The first kappa shape index (κ1) is 22.8. The van der Waals surface area contributed by atoms with Crippen LogP contribution in [0.3, 0.4) is 0 Å². The van der Waals surface area contributed by atoms with Gasteiger partial charge in [-0.15, -0.1) is 0 Å². The molecule has 1 amide bonds. The number of amides is 1. The van der Waals surface area contributed by atoms with Crippen LogP contribution in [-0.2, 0) is 6.61 Å². The summed E-state index contributed by atoms with van der Waals surface area (Å²) in [5, 5.41) is 3.09. The average molecular weight is 500 g/mol. The standard InChI is InChI=1S/C29H26BrNO2/c30-25-15-9-10-22(20-25)21-33-28-17-8-7-16-27(28)29(32)31-19-18-26(23-11-3-1-4-12-23)24-13-5-2-6-14-24/h1-17,20,26H,18-19,21H2,(H,31,32). The van der Waals surface area contributed by atoms with E-state index < -0.39 is 0 Å². The van der Waals surface area contributed by atoms with Crippen molar-refractivity contribution < 1.29 is 9.53 Å². The van der Waals surface area contributed by atoms with E-state index in [0.717, 1.165) is 16.5 Å². The molecule has 0 aliphatic carbocycles. The molecule has 0 fully saturated rings. The molecule has 0 unspecified atom stereocenters. The molecule has 4 aromatic rings. The minimum atomic E-state index is -0.125. The number of carbonyl (C=O) groups excluding carboxylic acids is 1. The number of rotatable bonds is 9. The predicted molar refractivity (Wildman–Crippen MR) is 137 cm³/mol. The van der Waals surface area contributed by atoms with Gasteiger partial charge in [0, 0.05) is 16.9 Å². The van der Waals surface area contributed by atoms with Gasteiger partial charge in [0.25, 0.3) is 5.91 Å². The molecule has 4 rings (SSSR count). The van der Waals surface area contributed by atoms with Gasteiger partial charge in [-0.2, -0.15) is 0 Å². The topological polar surface area (TPSA) is 38.3 Å². The lowest BCUT2D eigenvalue weighted by Gasteiger charge is -2.19. The van der Waals surface area contributed by atoms with Gasteiger partial charge >= 0.3 is 0 Å². The molecule has 166 valence electrons. The van der Waals surface area contributed by atoms with E-state index in [4.69, 9.17) is 4.74 Å². The molecule has 0 radical (unpaired) electrons. The Labute approximate surface area is 203 Å². The summed E-state index contributed by atoms with van der Waals surface area (Å²) in [5.74, 6) is 0.674. The fourth-order valence-corrected chi connectivity index (χ4v) is 4.34. The number of carbonyl (C=O) groups is 1. The van der Waals surface area contributed by atoms with Crippen LogP contribution in [0.5, 0.6) is 5.75 Å². The maximum absolute atomic E-state index is 13.0. The highest BCUT2D eigenvalue weighted by molar-refractivity contribution is 9.10. The van der Waals surface area contributed by atoms with Crippen molar-refractivity contribution in [3.63, 3.8) is 0 Å². The Bertz CT molecular complexity index is 1140. The zero-order chi connectivity index (χ0) is 22.9. The van der Waals surface area contributed by atoms with Crippen molar-refractivity contribution in [2.45, 2.75) is 18.9 Å². The molecule has 0 atom stereocenters. The predicted octanol–water partition coefficient (Wildman–Crippen LogP) is 6.98. The number of benzene rings is 4. The van der Waals surface area contributed by atoms with Gasteiger partial charge in [0.2, 0.25) is 0 Å². The maximum Gasteiger partial charge on any atom is 0.255 e. The molecule has 3 nitrogen and oxygen atoms in total. The number of hydrogen-bond acceptors (Lipinski definition) is 2. The average Bonchev–Trinajstić information content (AvgIpc) is 2.86. The number of hydrogen-bond donors (Lipinski definition) is 1. The van der Waals surface area contributed by atoms with Gasteiger partial charge in [-0.1, -0.05) is 101 Å².